The lowest BCUT2D eigenvalue weighted by atomic mass is 9.66. The molecule has 4 nitrogen and oxygen atoms in total. The zero-order valence-electron chi connectivity index (χ0n) is 26.9. The van der Waals surface area contributed by atoms with E-state index in [4.69, 9.17) is 4.74 Å². The average Bonchev–Trinajstić information content (AvgIpc) is 3.90. The van der Waals surface area contributed by atoms with Crippen molar-refractivity contribution in [1.82, 2.24) is 0 Å². The van der Waals surface area contributed by atoms with Crippen molar-refractivity contribution in [3.05, 3.63) is 42.0 Å². The maximum Gasteiger partial charge on any atom is 0.396 e. The number of hydrogen-bond donors (Lipinski definition) is 0. The summed E-state index contributed by atoms with van der Waals surface area (Å²) >= 11 is 1.71. The van der Waals surface area contributed by atoms with E-state index in [0.29, 0.717) is 29.6 Å². The van der Waals surface area contributed by atoms with Gasteiger partial charge in [-0.15, -0.1) is 0 Å². The molecule has 11 unspecified atom stereocenters. The quantitative estimate of drug-likeness (QED) is 0.0698. The minimum Gasteiger partial charge on any atom is -0.743 e. The summed E-state index contributed by atoms with van der Waals surface area (Å²) in [6, 6.07) is 13.7. The molecule has 0 amide bonds. The number of halogens is 4. The highest BCUT2D eigenvalue weighted by Crippen LogP contribution is 2.71. The molecule has 1 heterocycles. The molecule has 10 heteroatoms. The summed E-state index contributed by atoms with van der Waals surface area (Å²) in [7, 11) is -6.38. The molecule has 0 N–H and O–H groups in total. The highest BCUT2D eigenvalue weighted by molar-refractivity contribution is 7.86. The number of fused-ring (bicyclic) bond motifs is 15. The minimum absolute atomic E-state index is 0.00803. The SMILES string of the molecule is CCCCOc1ccc(C23CCC(C2)C2C[SH+]CC23)c2ccccc12.O=S(=O)([O-])C(F)(F)C(F)(F)C1CC2CC1C1C3CCC(C3)C21. The zero-order valence-corrected chi connectivity index (χ0v) is 28.6. The van der Waals surface area contributed by atoms with Gasteiger partial charge in [0.05, 0.1) is 6.61 Å². The smallest absolute Gasteiger partial charge is 0.396 e. The molecule has 11 atom stereocenters. The Morgan fingerprint density at radius 1 is 0.894 bits per heavy atom. The summed E-state index contributed by atoms with van der Waals surface area (Å²) in [4.78, 5) is 0. The van der Waals surface area contributed by atoms with Crippen molar-refractivity contribution in [3.8, 4) is 5.75 Å². The predicted molar refractivity (Wildman–Crippen MR) is 176 cm³/mol. The van der Waals surface area contributed by atoms with E-state index in [9.17, 15) is 30.5 Å². The Bertz CT molecular complexity index is 1630. The van der Waals surface area contributed by atoms with E-state index in [0.717, 1.165) is 55.8 Å². The maximum atomic E-state index is 14.2. The van der Waals surface area contributed by atoms with E-state index < -0.39 is 33.1 Å². The molecular weight excluding hydrogens is 649 g/mol. The molecule has 7 fully saturated rings. The van der Waals surface area contributed by atoms with Crippen LogP contribution < -0.4 is 4.74 Å². The third kappa shape index (κ3) is 4.79. The number of alkyl halides is 4. The van der Waals surface area contributed by atoms with Gasteiger partial charge in [0, 0.05) is 28.6 Å². The molecule has 7 aliphatic rings. The van der Waals surface area contributed by atoms with Gasteiger partial charge in [0.15, 0.2) is 10.1 Å². The van der Waals surface area contributed by atoms with Crippen LogP contribution in [0, 0.1) is 59.2 Å². The van der Waals surface area contributed by atoms with Crippen LogP contribution in [0.3, 0.4) is 0 Å². The lowest BCUT2D eigenvalue weighted by Crippen LogP contribution is -2.54. The Kier molecular flexibility index (Phi) is 8.00. The second-order valence-corrected chi connectivity index (χ2v) is 18.6. The normalized spacial score (nSPS) is 39.7. The number of rotatable bonds is 8. The maximum absolute atomic E-state index is 14.2. The van der Waals surface area contributed by atoms with Crippen LogP contribution in [-0.2, 0) is 27.3 Å². The molecule has 0 radical (unpaired) electrons. The third-order valence-electron chi connectivity index (χ3n) is 14.2. The molecule has 6 bridgehead atoms. The van der Waals surface area contributed by atoms with Gasteiger partial charge in [0.1, 0.15) is 17.3 Å². The van der Waals surface area contributed by atoms with Crippen molar-refractivity contribution in [2.75, 3.05) is 18.1 Å². The van der Waals surface area contributed by atoms with Crippen LogP contribution in [-0.4, -0.2) is 42.3 Å². The third-order valence-corrected chi connectivity index (χ3v) is 16.4. The highest BCUT2D eigenvalue weighted by atomic mass is 32.2. The van der Waals surface area contributed by atoms with Gasteiger partial charge in [-0.3, -0.25) is 0 Å². The molecule has 0 aromatic heterocycles. The Balaban J connectivity index is 0.000000139. The monoisotopic (exact) mass is 694 g/mol. The van der Waals surface area contributed by atoms with E-state index >= 15 is 0 Å². The van der Waals surface area contributed by atoms with Crippen molar-refractivity contribution < 1.29 is 35.3 Å². The largest absolute Gasteiger partial charge is 0.743 e. The lowest BCUT2D eigenvalue weighted by molar-refractivity contribution is -0.210. The first-order valence-electron chi connectivity index (χ1n) is 17.9. The topological polar surface area (TPSA) is 66.4 Å². The van der Waals surface area contributed by atoms with Gasteiger partial charge in [-0.2, -0.15) is 17.6 Å². The van der Waals surface area contributed by atoms with Crippen LogP contribution in [0.25, 0.3) is 10.8 Å². The zero-order chi connectivity index (χ0) is 32.9. The molecule has 6 saturated carbocycles. The van der Waals surface area contributed by atoms with E-state index in [1.165, 1.54) is 48.0 Å². The number of ether oxygens (including phenoxy) is 1. The Hall–Kier alpha value is -1.52. The fourth-order valence-electron chi connectivity index (χ4n) is 12.5. The molecule has 1 saturated heterocycles. The molecule has 2 aromatic carbocycles. The number of thiol groups is 1. The fourth-order valence-corrected chi connectivity index (χ4v) is 14.9. The van der Waals surface area contributed by atoms with Crippen LogP contribution in [0.15, 0.2) is 36.4 Å². The Morgan fingerprint density at radius 3 is 2.38 bits per heavy atom. The molecule has 0 spiro atoms. The van der Waals surface area contributed by atoms with E-state index in [2.05, 4.69) is 43.3 Å². The van der Waals surface area contributed by atoms with E-state index in [1.807, 2.05) is 0 Å². The first-order valence-corrected chi connectivity index (χ1v) is 20.6. The minimum atomic E-state index is -6.38. The standard InChI is InChI=1S/C23H28OS.C14H18F4O3S/c1-2-3-12-24-22-9-8-20(17-6-4-5-7-18(17)22)23-11-10-16(13-23)19-14-25-15-21(19)23;15-13(16,14(17,18)22(19,20)21)10-5-8-4-9(10)12-7-2-1-6(3-7)11(8)12/h4-9,16,19,21H,2-3,10-15H2,1H3;6-12H,1-5H2,(H,19,20,21). The summed E-state index contributed by atoms with van der Waals surface area (Å²) in [5.41, 5.74) is 2.10. The molecular formula is C37H46F4O4S2. The van der Waals surface area contributed by atoms with Gasteiger partial charge in [-0.05, 0) is 128 Å². The van der Waals surface area contributed by atoms with Gasteiger partial charge in [0.2, 0.25) is 0 Å². The Labute approximate surface area is 279 Å². The van der Waals surface area contributed by atoms with Gasteiger partial charge >= 0.3 is 11.2 Å². The van der Waals surface area contributed by atoms with Crippen molar-refractivity contribution in [1.29, 1.82) is 0 Å². The average molecular weight is 695 g/mol. The van der Waals surface area contributed by atoms with Gasteiger partial charge < -0.3 is 9.29 Å². The lowest BCUT2D eigenvalue weighted by Gasteiger charge is -2.43. The van der Waals surface area contributed by atoms with Crippen LogP contribution in [0.4, 0.5) is 17.6 Å². The fraction of sp³-hybridized carbons (Fsp3) is 0.730. The first kappa shape index (κ1) is 32.7. The van der Waals surface area contributed by atoms with Gasteiger partial charge in [-0.1, -0.05) is 43.7 Å². The number of hydrogen-bond acceptors (Lipinski definition) is 4. The molecule has 47 heavy (non-hydrogen) atoms. The van der Waals surface area contributed by atoms with Crippen LogP contribution in [0.1, 0.15) is 76.7 Å². The first-order chi connectivity index (χ1) is 22.4. The molecule has 9 rings (SSSR count). The van der Waals surface area contributed by atoms with Crippen LogP contribution in [0.2, 0.25) is 0 Å². The van der Waals surface area contributed by atoms with E-state index in [-0.39, 0.29) is 18.3 Å². The predicted octanol–water partition coefficient (Wildman–Crippen LogP) is 8.21. The summed E-state index contributed by atoms with van der Waals surface area (Å²) in [5.74, 6) is 1.12. The number of benzene rings is 2. The van der Waals surface area contributed by atoms with E-state index in [1.54, 1.807) is 17.3 Å². The molecule has 6 aliphatic carbocycles. The summed E-state index contributed by atoms with van der Waals surface area (Å²) < 4.78 is 93.6. The van der Waals surface area contributed by atoms with Crippen molar-refractivity contribution in [2.24, 2.45) is 59.2 Å². The molecule has 258 valence electrons. The molecule has 1 aliphatic heterocycles. The van der Waals surface area contributed by atoms with Crippen molar-refractivity contribution >= 4 is 32.7 Å². The van der Waals surface area contributed by atoms with Crippen LogP contribution in [0.5, 0.6) is 5.75 Å². The summed E-state index contributed by atoms with van der Waals surface area (Å²) in [6.45, 7) is 3.05. The number of unbranched alkanes of at least 4 members (excludes halogenated alkanes) is 1. The summed E-state index contributed by atoms with van der Waals surface area (Å²) in [5, 5.41) is -2.74. The second kappa shape index (κ2) is 11.5. The van der Waals surface area contributed by atoms with Crippen molar-refractivity contribution in [2.45, 2.75) is 87.7 Å². The Morgan fingerprint density at radius 2 is 1.64 bits per heavy atom. The van der Waals surface area contributed by atoms with Crippen molar-refractivity contribution in [3.63, 3.8) is 0 Å². The molecule has 2 aromatic rings. The van der Waals surface area contributed by atoms with Gasteiger partial charge in [0.25, 0.3) is 0 Å². The second-order valence-electron chi connectivity index (χ2n) is 16.0. The van der Waals surface area contributed by atoms with Crippen LogP contribution >= 0.6 is 0 Å². The highest BCUT2D eigenvalue weighted by Gasteiger charge is 2.73. The summed E-state index contributed by atoms with van der Waals surface area (Å²) in [6.07, 6.45) is 10.1. The van der Waals surface area contributed by atoms with Gasteiger partial charge in [-0.25, -0.2) is 8.42 Å².